The predicted octanol–water partition coefficient (Wildman–Crippen LogP) is 4.12. The van der Waals surface area contributed by atoms with Crippen molar-refractivity contribution in [1.29, 1.82) is 0 Å². The first kappa shape index (κ1) is 66.4. The van der Waals surface area contributed by atoms with Gasteiger partial charge in [-0.15, -0.1) is 0 Å². The number of rotatable bonds is 39. The van der Waals surface area contributed by atoms with Gasteiger partial charge in [0.15, 0.2) is 6.29 Å². The van der Waals surface area contributed by atoms with E-state index in [0.717, 1.165) is 116 Å². The van der Waals surface area contributed by atoms with Crippen LogP contribution >= 0.6 is 15.4 Å². The molecule has 2 rings (SSSR count). The number of nitrogens with one attached hydrogen (secondary N) is 2. The van der Waals surface area contributed by atoms with E-state index in [0.29, 0.717) is 19.3 Å². The molecule has 2 heterocycles. The van der Waals surface area contributed by atoms with E-state index in [1.165, 1.54) is 12.8 Å². The van der Waals surface area contributed by atoms with E-state index in [2.05, 4.69) is 31.4 Å². The Bertz CT molecular complexity index is 1620. The third-order valence-corrected chi connectivity index (χ3v) is 15.6. The first-order valence-electron chi connectivity index (χ1n) is 26.7. The van der Waals surface area contributed by atoms with Gasteiger partial charge >= 0.3 is 21.4 Å². The van der Waals surface area contributed by atoms with Crippen molar-refractivity contribution in [3.63, 3.8) is 0 Å². The summed E-state index contributed by atoms with van der Waals surface area (Å²) in [5, 5.41) is 79.2. The van der Waals surface area contributed by atoms with Crippen molar-refractivity contribution in [3.8, 4) is 0 Å². The van der Waals surface area contributed by atoms with Crippen LogP contribution in [0.2, 0.25) is 0 Å². The monoisotopic (exact) mass is 1080 g/mol. The van der Waals surface area contributed by atoms with Crippen LogP contribution in [0.1, 0.15) is 201 Å². The first-order valence-corrected chi connectivity index (χ1v) is 29.8. The molecule has 0 bridgehead atoms. The summed E-state index contributed by atoms with van der Waals surface area (Å²) >= 11 is 0. The fraction of sp³-hybridized carbons (Fsp3) is 0.938. The Hall–Kier alpha value is -1.69. The lowest BCUT2D eigenvalue weighted by Crippen LogP contribution is -2.74. The van der Waals surface area contributed by atoms with Gasteiger partial charge in [0.2, 0.25) is 17.2 Å². The van der Waals surface area contributed by atoms with E-state index < -0.39 is 131 Å². The molecule has 0 radical (unpaired) electrons. The molecule has 0 aromatic carbocycles. The van der Waals surface area contributed by atoms with Crippen LogP contribution in [0.4, 0.5) is 0 Å². The molecular weight excluding hydrogens is 986 g/mol. The number of esters is 1. The Morgan fingerprint density at radius 3 is 1.56 bits per heavy atom. The summed E-state index contributed by atoms with van der Waals surface area (Å²) in [4.78, 5) is 80.3. The summed E-state index contributed by atoms with van der Waals surface area (Å²) in [6.07, 6.45) is 0.448. The molecule has 0 aromatic rings. The van der Waals surface area contributed by atoms with Crippen molar-refractivity contribution in [2.24, 2.45) is 0 Å². The van der Waals surface area contributed by atoms with E-state index in [9.17, 15) is 78.8 Å². The Morgan fingerprint density at radius 2 is 1.07 bits per heavy atom. The molecule has 13 atom stereocenters. The van der Waals surface area contributed by atoms with E-state index in [-0.39, 0.29) is 19.3 Å². The lowest BCUT2D eigenvalue weighted by molar-refractivity contribution is -0.292. The van der Waals surface area contributed by atoms with Crippen LogP contribution in [0.5, 0.6) is 0 Å². The summed E-state index contributed by atoms with van der Waals surface area (Å²) in [6, 6.07) is -4.20. The highest BCUT2D eigenvalue weighted by atomic mass is 31.2. The Kier molecular flexibility index (Phi) is 32.2. The van der Waals surface area contributed by atoms with Crippen LogP contribution in [0.25, 0.3) is 0 Å². The van der Waals surface area contributed by atoms with Crippen LogP contribution < -0.4 is 10.6 Å². The molecule has 2 fully saturated rings. The third kappa shape index (κ3) is 23.3. The Labute approximate surface area is 426 Å². The molecule has 0 spiro atoms. The summed E-state index contributed by atoms with van der Waals surface area (Å²) < 4.78 is 46.7. The van der Waals surface area contributed by atoms with Crippen LogP contribution in [0.15, 0.2) is 0 Å². The zero-order valence-electron chi connectivity index (χ0n) is 42.9. The number of phosphoric acid groups is 1. The number of amides is 2. The minimum absolute atomic E-state index is 0.0837. The lowest BCUT2D eigenvalue weighted by Gasteiger charge is -2.52. The van der Waals surface area contributed by atoms with Crippen LogP contribution in [-0.2, 0) is 42.2 Å². The number of phosphoric ester groups is 1. The molecule has 13 N–H and O–H groups in total. The smallest absolute Gasteiger partial charge is 0.462 e. The molecule has 2 aliphatic heterocycles. The van der Waals surface area contributed by atoms with Crippen molar-refractivity contribution in [3.05, 3.63) is 0 Å². The van der Waals surface area contributed by atoms with Gasteiger partial charge in [-0.3, -0.25) is 23.5 Å². The Morgan fingerprint density at radius 1 is 0.611 bits per heavy atom. The molecular formula is C48H92N2O20P2. The summed E-state index contributed by atoms with van der Waals surface area (Å²) in [5.74, 6) is -2.52. The van der Waals surface area contributed by atoms with Gasteiger partial charge in [-0.25, -0.2) is 4.57 Å². The van der Waals surface area contributed by atoms with E-state index in [4.69, 9.17) is 18.7 Å². The molecule has 424 valence electrons. The second-order valence-corrected chi connectivity index (χ2v) is 22.8. The number of carbonyl (C=O) groups excluding carboxylic acids is 3. The van der Waals surface area contributed by atoms with Gasteiger partial charge in [-0.05, 0) is 25.7 Å². The van der Waals surface area contributed by atoms with Gasteiger partial charge in [0, 0.05) is 6.42 Å². The summed E-state index contributed by atoms with van der Waals surface area (Å²) in [6.45, 7) is 4.95. The summed E-state index contributed by atoms with van der Waals surface area (Å²) in [7, 11) is -11.5. The maximum atomic E-state index is 13.9. The maximum Gasteiger partial charge on any atom is 0.472 e. The highest BCUT2D eigenvalue weighted by Crippen LogP contribution is 2.56. The fourth-order valence-electron chi connectivity index (χ4n) is 9.44. The van der Waals surface area contributed by atoms with Gasteiger partial charge in [0.05, 0.1) is 31.6 Å². The topological polar surface area (TPSA) is 369 Å². The number of hydrogen-bond donors (Lipinski definition) is 13. The molecule has 0 aromatic heterocycles. The number of aliphatic hydroxyl groups excluding tert-OH is 6. The first-order chi connectivity index (χ1) is 34.1. The number of unbranched alkanes of at least 4 members (excludes halogenated alkanes) is 20. The standard InChI is InChI=1S/C48H92N2O20P2/c1-4-7-10-13-16-17-20-23-26-29-38(55)67-34(28-25-22-19-15-12-9-6-3)31-37(54)50-40-44(68-35(32-51)48(60,46(40)59)71(61,62)63)43(58)45-42(57)41(56)39(47(69-45)70-72(64,65)66)49-36(53)30-33(52)27-24-21-18-14-11-8-5-2/h33-35,39-47,51-52,56-60H,4-32H2,1-3H3,(H,49,53)(H,50,54)(H2,61,62,63)(H2,64,65,66)/t33-,34-,35-,39+,40-,41-,42+,43?,44-,45+,46-,47+,48+/m1/s1. The average Bonchev–Trinajstić information content (AvgIpc) is 3.30. The van der Waals surface area contributed by atoms with Crippen molar-refractivity contribution in [2.45, 2.75) is 279 Å². The minimum atomic E-state index is -5.92. The molecule has 72 heavy (non-hydrogen) atoms. The predicted molar refractivity (Wildman–Crippen MR) is 265 cm³/mol. The second-order valence-electron chi connectivity index (χ2n) is 19.8. The molecule has 1 unspecified atom stereocenters. The number of aliphatic hydroxyl groups is 7. The zero-order valence-corrected chi connectivity index (χ0v) is 44.7. The van der Waals surface area contributed by atoms with Crippen LogP contribution in [0, 0.1) is 0 Å². The molecule has 22 nitrogen and oxygen atoms in total. The highest BCUT2D eigenvalue weighted by molar-refractivity contribution is 7.53. The van der Waals surface area contributed by atoms with Crippen molar-refractivity contribution >= 4 is 33.2 Å². The molecule has 0 aliphatic carbocycles. The van der Waals surface area contributed by atoms with Gasteiger partial charge < -0.3 is 80.2 Å². The average molecular weight is 1080 g/mol. The fourth-order valence-corrected chi connectivity index (χ4v) is 10.9. The summed E-state index contributed by atoms with van der Waals surface area (Å²) in [5.41, 5.74) is 0. The SMILES string of the molecule is CCCCCCCCCCCC(=O)O[C@H](CCCCCCCCC)CC(=O)N[C@H]1[C@@H](O)[C@@](O)(P(=O)(O)O)[C@@H](CO)O[C@H]1C(O)[C@H]1O[C@@H](OP(=O)(O)O)[C@@H](NC(=O)C[C@H](O)CCCCCCCCC)[C@@H](O)[C@@H]1O. The van der Waals surface area contributed by atoms with Gasteiger partial charge in [0.1, 0.15) is 54.9 Å². The van der Waals surface area contributed by atoms with E-state index >= 15 is 0 Å². The second kappa shape index (κ2) is 34.9. The number of hydrogen-bond acceptors (Lipinski definition) is 16. The molecule has 2 aliphatic rings. The van der Waals surface area contributed by atoms with Gasteiger partial charge in [-0.2, -0.15) is 0 Å². The number of ether oxygens (including phenoxy) is 3. The van der Waals surface area contributed by atoms with Gasteiger partial charge in [0.25, 0.3) is 0 Å². The maximum absolute atomic E-state index is 13.9. The minimum Gasteiger partial charge on any atom is -0.462 e. The van der Waals surface area contributed by atoms with Crippen LogP contribution in [0.3, 0.4) is 0 Å². The molecule has 0 saturated carbocycles. The molecule has 24 heteroatoms. The van der Waals surface area contributed by atoms with Crippen molar-refractivity contribution in [1.82, 2.24) is 10.6 Å². The lowest BCUT2D eigenvalue weighted by atomic mass is 9.84. The third-order valence-electron chi connectivity index (χ3n) is 13.7. The zero-order chi connectivity index (χ0) is 53.9. The molecule has 2 saturated heterocycles. The van der Waals surface area contributed by atoms with Crippen LogP contribution in [-0.4, -0.2) is 158 Å². The van der Waals surface area contributed by atoms with E-state index in [1.807, 2.05) is 0 Å². The quantitative estimate of drug-likeness (QED) is 0.0234. The largest absolute Gasteiger partial charge is 0.472 e. The normalized spacial score (nSPS) is 27.2. The van der Waals surface area contributed by atoms with Crippen molar-refractivity contribution < 1.29 is 97.6 Å². The van der Waals surface area contributed by atoms with Gasteiger partial charge in [-0.1, -0.05) is 156 Å². The van der Waals surface area contributed by atoms with Crippen molar-refractivity contribution in [2.75, 3.05) is 6.61 Å². The number of carbonyl (C=O) groups is 3. The Balaban J connectivity index is 2.35. The highest BCUT2D eigenvalue weighted by Gasteiger charge is 2.66. The van der Waals surface area contributed by atoms with E-state index in [1.54, 1.807) is 0 Å². The molecule has 2 amide bonds.